The molecule has 0 atom stereocenters. The van der Waals surface area contributed by atoms with Crippen molar-refractivity contribution in [3.8, 4) is 0 Å². The van der Waals surface area contributed by atoms with Gasteiger partial charge in [0.1, 0.15) is 0 Å². The zero-order valence-electron chi connectivity index (χ0n) is 12.4. The summed E-state index contributed by atoms with van der Waals surface area (Å²) in [7, 11) is 0. The monoisotopic (exact) mass is 289 g/mol. The Bertz CT molecular complexity index is 825. The Hall–Kier alpha value is -2.52. The van der Waals surface area contributed by atoms with Crippen LogP contribution in [0, 0.1) is 0 Å². The van der Waals surface area contributed by atoms with Gasteiger partial charge in [0.25, 0.3) is 0 Å². The summed E-state index contributed by atoms with van der Waals surface area (Å²) in [5.41, 5.74) is 5.13. The van der Waals surface area contributed by atoms with E-state index in [4.69, 9.17) is 0 Å². The molecule has 4 rings (SSSR count). The van der Waals surface area contributed by atoms with Crippen LogP contribution in [0.25, 0.3) is 21.8 Å². The van der Waals surface area contributed by atoms with Gasteiger partial charge in [0.15, 0.2) is 0 Å². The van der Waals surface area contributed by atoms with Gasteiger partial charge in [0.2, 0.25) is 0 Å². The Labute approximate surface area is 129 Å². The summed E-state index contributed by atoms with van der Waals surface area (Å²) in [4.78, 5) is 6.66. The van der Waals surface area contributed by atoms with Gasteiger partial charge in [0.05, 0.1) is 0 Å². The van der Waals surface area contributed by atoms with E-state index in [0.29, 0.717) is 0 Å². The zero-order valence-corrected chi connectivity index (χ0v) is 12.4. The van der Waals surface area contributed by atoms with Gasteiger partial charge in [-0.3, -0.25) is 0 Å². The lowest BCUT2D eigenvalue weighted by molar-refractivity contribution is 0.691. The van der Waals surface area contributed by atoms with Crippen molar-refractivity contribution in [2.24, 2.45) is 0 Å². The minimum Gasteiger partial charge on any atom is -0.361 e. The second-order valence-electron chi connectivity index (χ2n) is 5.65. The van der Waals surface area contributed by atoms with Crippen LogP contribution in [0.2, 0.25) is 0 Å². The van der Waals surface area contributed by atoms with Crippen molar-refractivity contribution >= 4 is 21.8 Å². The molecule has 0 unspecified atom stereocenters. The van der Waals surface area contributed by atoms with Gasteiger partial charge in [-0.1, -0.05) is 36.4 Å². The maximum atomic E-state index is 3.55. The number of hydrogen-bond acceptors (Lipinski definition) is 1. The molecule has 0 fully saturated rings. The number of aromatic amines is 2. The van der Waals surface area contributed by atoms with Crippen LogP contribution >= 0.6 is 0 Å². The van der Waals surface area contributed by atoms with Gasteiger partial charge in [-0.15, -0.1) is 0 Å². The highest BCUT2D eigenvalue weighted by atomic mass is 14.9. The molecule has 3 heteroatoms. The van der Waals surface area contributed by atoms with Gasteiger partial charge >= 0.3 is 0 Å². The molecule has 110 valence electrons. The largest absolute Gasteiger partial charge is 0.361 e. The summed E-state index contributed by atoms with van der Waals surface area (Å²) in [5.74, 6) is 0. The Balaban J connectivity index is 1.39. The van der Waals surface area contributed by atoms with E-state index < -0.39 is 0 Å². The van der Waals surface area contributed by atoms with Crippen LogP contribution in [0.15, 0.2) is 60.9 Å². The highest BCUT2D eigenvalue weighted by molar-refractivity contribution is 5.83. The maximum absolute atomic E-state index is 3.55. The van der Waals surface area contributed by atoms with E-state index in [9.17, 15) is 0 Å². The number of fused-ring (bicyclic) bond motifs is 2. The minimum atomic E-state index is 0.895. The lowest BCUT2D eigenvalue weighted by atomic mass is 10.1. The van der Waals surface area contributed by atoms with Crippen LogP contribution in [0.1, 0.15) is 11.1 Å². The van der Waals surface area contributed by atoms with Crippen molar-refractivity contribution in [3.05, 3.63) is 72.1 Å². The van der Waals surface area contributed by atoms with Gasteiger partial charge in [-0.05, 0) is 36.2 Å². The number of aromatic nitrogens is 2. The SMILES string of the molecule is c1ccc2c(CCNCc3c[nH]c4ccccc34)c[nH]c2c1. The van der Waals surface area contributed by atoms with E-state index in [1.54, 1.807) is 0 Å². The average Bonchev–Trinajstić information content (AvgIpc) is 3.16. The fourth-order valence-electron chi connectivity index (χ4n) is 3.06. The van der Waals surface area contributed by atoms with Gasteiger partial charge in [-0.25, -0.2) is 0 Å². The number of hydrogen-bond donors (Lipinski definition) is 3. The fourth-order valence-corrected chi connectivity index (χ4v) is 3.06. The number of H-pyrrole nitrogens is 2. The first-order valence-electron chi connectivity index (χ1n) is 7.72. The molecule has 22 heavy (non-hydrogen) atoms. The second-order valence-corrected chi connectivity index (χ2v) is 5.65. The number of rotatable bonds is 5. The molecule has 0 amide bonds. The zero-order chi connectivity index (χ0) is 14.8. The summed E-state index contributed by atoms with van der Waals surface area (Å²) < 4.78 is 0. The highest BCUT2D eigenvalue weighted by Crippen LogP contribution is 2.19. The van der Waals surface area contributed by atoms with Gasteiger partial charge in [-0.2, -0.15) is 0 Å². The predicted molar refractivity (Wildman–Crippen MR) is 92.0 cm³/mol. The summed E-state index contributed by atoms with van der Waals surface area (Å²) in [6.07, 6.45) is 5.26. The topological polar surface area (TPSA) is 43.6 Å². The van der Waals surface area contributed by atoms with Crippen LogP contribution < -0.4 is 5.32 Å². The minimum absolute atomic E-state index is 0.895. The molecule has 0 spiro atoms. The first-order valence-corrected chi connectivity index (χ1v) is 7.72. The maximum Gasteiger partial charge on any atom is 0.0457 e. The first kappa shape index (κ1) is 13.2. The van der Waals surface area contributed by atoms with Gasteiger partial charge < -0.3 is 15.3 Å². The lowest BCUT2D eigenvalue weighted by Crippen LogP contribution is -2.16. The van der Waals surface area contributed by atoms with E-state index in [2.05, 4.69) is 76.2 Å². The van der Waals surface area contributed by atoms with Crippen LogP contribution in [-0.4, -0.2) is 16.5 Å². The quantitative estimate of drug-likeness (QED) is 0.478. The van der Waals surface area contributed by atoms with Crippen LogP contribution in [0.4, 0.5) is 0 Å². The third-order valence-electron chi connectivity index (χ3n) is 4.24. The Morgan fingerprint density at radius 2 is 1.32 bits per heavy atom. The summed E-state index contributed by atoms with van der Waals surface area (Å²) in [6.45, 7) is 1.87. The third-order valence-corrected chi connectivity index (χ3v) is 4.24. The molecule has 2 aromatic carbocycles. The normalized spacial score (nSPS) is 11.5. The molecule has 0 saturated carbocycles. The number of para-hydroxylation sites is 2. The summed E-state index contributed by atoms with van der Waals surface area (Å²) >= 11 is 0. The molecule has 0 bridgehead atoms. The van der Waals surface area contributed by atoms with E-state index in [1.807, 2.05) is 0 Å². The van der Waals surface area contributed by atoms with Gasteiger partial charge in [0, 0.05) is 40.7 Å². The predicted octanol–water partition coefficient (Wildman–Crippen LogP) is 3.98. The molecule has 0 aliphatic rings. The van der Waals surface area contributed by atoms with Crippen molar-refractivity contribution in [2.45, 2.75) is 13.0 Å². The molecule has 0 saturated heterocycles. The molecule has 0 aliphatic heterocycles. The summed E-state index contributed by atoms with van der Waals surface area (Å²) in [5, 5.41) is 6.19. The van der Waals surface area contributed by atoms with Crippen LogP contribution in [-0.2, 0) is 13.0 Å². The molecule has 3 N–H and O–H groups in total. The fraction of sp³-hybridized carbons (Fsp3) is 0.158. The number of nitrogens with one attached hydrogen (secondary N) is 3. The van der Waals surface area contributed by atoms with Crippen LogP contribution in [0.3, 0.4) is 0 Å². The average molecular weight is 289 g/mol. The van der Waals surface area contributed by atoms with Crippen molar-refractivity contribution in [3.63, 3.8) is 0 Å². The standard InChI is InChI=1S/C19H19N3/c1-3-7-18-16(5-1)14(12-21-18)9-10-20-11-15-13-22-19-8-4-2-6-17(15)19/h1-8,12-13,20-22H,9-11H2. The van der Waals surface area contributed by atoms with E-state index in [1.165, 1.54) is 32.9 Å². The molecule has 2 aromatic heterocycles. The Kier molecular flexibility index (Phi) is 3.41. The van der Waals surface area contributed by atoms with E-state index in [-0.39, 0.29) is 0 Å². The Morgan fingerprint density at radius 1 is 0.727 bits per heavy atom. The molecular formula is C19H19N3. The smallest absolute Gasteiger partial charge is 0.0457 e. The Morgan fingerprint density at radius 3 is 2.05 bits per heavy atom. The lowest BCUT2D eigenvalue weighted by Gasteiger charge is -2.04. The van der Waals surface area contributed by atoms with Crippen molar-refractivity contribution in [1.29, 1.82) is 0 Å². The first-order chi connectivity index (χ1) is 10.9. The van der Waals surface area contributed by atoms with Crippen molar-refractivity contribution < 1.29 is 0 Å². The van der Waals surface area contributed by atoms with Crippen molar-refractivity contribution in [2.75, 3.05) is 6.54 Å². The van der Waals surface area contributed by atoms with E-state index >= 15 is 0 Å². The molecule has 4 aromatic rings. The van der Waals surface area contributed by atoms with Crippen LogP contribution in [0.5, 0.6) is 0 Å². The molecule has 3 nitrogen and oxygen atoms in total. The van der Waals surface area contributed by atoms with Crippen molar-refractivity contribution in [1.82, 2.24) is 15.3 Å². The molecule has 0 aliphatic carbocycles. The molecular weight excluding hydrogens is 270 g/mol. The highest BCUT2D eigenvalue weighted by Gasteiger charge is 2.04. The molecule has 0 radical (unpaired) electrons. The number of benzene rings is 2. The van der Waals surface area contributed by atoms with E-state index in [0.717, 1.165) is 19.5 Å². The summed E-state index contributed by atoms with van der Waals surface area (Å²) in [6, 6.07) is 16.9. The molecule has 2 heterocycles. The second kappa shape index (κ2) is 5.70. The third kappa shape index (κ3) is 2.40.